The molecule has 0 aliphatic rings. The molecular weight excluding hydrogens is 426 g/mol. The van der Waals surface area contributed by atoms with Gasteiger partial charge in [-0.1, -0.05) is 0 Å². The fraction of sp³-hybridized carbons (Fsp3) is 0.320. The number of hydrogen-bond donors (Lipinski definition) is 2. The van der Waals surface area contributed by atoms with E-state index >= 15 is 0 Å². The molecule has 0 fully saturated rings. The van der Waals surface area contributed by atoms with E-state index < -0.39 is 0 Å². The molecule has 1 amide bonds. The summed E-state index contributed by atoms with van der Waals surface area (Å²) in [6, 6.07) is 12.0. The van der Waals surface area contributed by atoms with E-state index in [4.69, 9.17) is 23.4 Å². The molecule has 3 aromatic rings. The Morgan fingerprint density at radius 1 is 0.909 bits per heavy atom. The van der Waals surface area contributed by atoms with Gasteiger partial charge in [0.2, 0.25) is 5.75 Å². The Morgan fingerprint density at radius 3 is 2.12 bits per heavy atom. The summed E-state index contributed by atoms with van der Waals surface area (Å²) in [7, 11) is 1.53. The number of carbonyl (C=O) groups is 1. The zero-order valence-corrected chi connectivity index (χ0v) is 19.3. The van der Waals surface area contributed by atoms with E-state index in [1.54, 1.807) is 36.4 Å². The molecule has 33 heavy (non-hydrogen) atoms. The minimum absolute atomic E-state index is 0.193. The molecule has 2 aromatic carbocycles. The van der Waals surface area contributed by atoms with Gasteiger partial charge in [-0.2, -0.15) is 0 Å². The average molecular weight is 456 g/mol. The Kier molecular flexibility index (Phi) is 8.21. The maximum atomic E-state index is 13.2. The number of aliphatic hydroxyl groups excluding tert-OH is 1. The number of amides is 1. The monoisotopic (exact) mass is 455 g/mol. The standard InChI is InChI=1S/C25H29NO7/c1-5-30-22-13-17(14-23(31-6-2)24(22)32-7-3)25(28)26-19-12-16(8-10-21(19)29-4)20-11-9-18(15-27)33-20/h8-14,27H,5-7,15H2,1-4H3,(H,26,28). The lowest BCUT2D eigenvalue weighted by atomic mass is 10.1. The van der Waals surface area contributed by atoms with Crippen molar-refractivity contribution in [1.82, 2.24) is 0 Å². The third kappa shape index (κ3) is 5.59. The normalized spacial score (nSPS) is 10.6. The van der Waals surface area contributed by atoms with Crippen LogP contribution in [0.1, 0.15) is 36.9 Å². The molecule has 0 saturated carbocycles. The van der Waals surface area contributed by atoms with E-state index in [-0.39, 0.29) is 12.5 Å². The van der Waals surface area contributed by atoms with Crippen LogP contribution in [0.4, 0.5) is 5.69 Å². The molecule has 0 radical (unpaired) electrons. The molecule has 2 N–H and O–H groups in total. The summed E-state index contributed by atoms with van der Waals surface area (Å²) in [5.74, 6) is 2.47. The van der Waals surface area contributed by atoms with Crippen molar-refractivity contribution in [3.63, 3.8) is 0 Å². The predicted molar refractivity (Wildman–Crippen MR) is 125 cm³/mol. The van der Waals surface area contributed by atoms with Crippen molar-refractivity contribution in [3.05, 3.63) is 53.8 Å². The number of carbonyl (C=O) groups excluding carboxylic acids is 1. The predicted octanol–water partition coefficient (Wildman–Crippen LogP) is 4.90. The van der Waals surface area contributed by atoms with Crippen molar-refractivity contribution >= 4 is 11.6 Å². The van der Waals surface area contributed by atoms with Crippen molar-refractivity contribution in [3.8, 4) is 34.3 Å². The summed E-state index contributed by atoms with van der Waals surface area (Å²) < 4.78 is 28.2. The summed E-state index contributed by atoms with van der Waals surface area (Å²) in [6.45, 7) is 6.64. The van der Waals surface area contributed by atoms with Gasteiger partial charge < -0.3 is 33.8 Å². The Bertz CT molecular complexity index is 1060. The third-order valence-corrected chi connectivity index (χ3v) is 4.72. The fourth-order valence-corrected chi connectivity index (χ4v) is 3.29. The second-order valence-electron chi connectivity index (χ2n) is 6.89. The number of hydrogen-bond acceptors (Lipinski definition) is 7. The molecule has 0 spiro atoms. The number of methoxy groups -OCH3 is 1. The topological polar surface area (TPSA) is 99.4 Å². The van der Waals surface area contributed by atoms with Crippen LogP contribution in [0, 0.1) is 0 Å². The molecule has 8 heteroatoms. The lowest BCUT2D eigenvalue weighted by Gasteiger charge is -2.17. The number of aliphatic hydroxyl groups is 1. The second-order valence-corrected chi connectivity index (χ2v) is 6.89. The number of nitrogens with one attached hydrogen (secondary N) is 1. The van der Waals surface area contributed by atoms with Gasteiger partial charge in [-0.3, -0.25) is 4.79 Å². The van der Waals surface area contributed by atoms with Crippen LogP contribution in [0.5, 0.6) is 23.0 Å². The highest BCUT2D eigenvalue weighted by Gasteiger charge is 2.20. The van der Waals surface area contributed by atoms with Crippen LogP contribution in [0.2, 0.25) is 0 Å². The molecule has 0 saturated heterocycles. The Labute approximate surface area is 193 Å². The second kappa shape index (κ2) is 11.3. The molecule has 176 valence electrons. The van der Waals surface area contributed by atoms with Gasteiger partial charge in [-0.15, -0.1) is 0 Å². The number of rotatable bonds is 11. The molecule has 1 aromatic heterocycles. The van der Waals surface area contributed by atoms with E-state index in [1.165, 1.54) is 7.11 Å². The largest absolute Gasteiger partial charge is 0.495 e. The maximum Gasteiger partial charge on any atom is 0.256 e. The zero-order valence-electron chi connectivity index (χ0n) is 19.3. The van der Waals surface area contributed by atoms with Crippen molar-refractivity contribution in [2.45, 2.75) is 27.4 Å². The smallest absolute Gasteiger partial charge is 0.256 e. The summed E-state index contributed by atoms with van der Waals surface area (Å²) in [5.41, 5.74) is 1.53. The van der Waals surface area contributed by atoms with Gasteiger partial charge in [0, 0.05) is 11.1 Å². The molecular formula is C25H29NO7. The van der Waals surface area contributed by atoms with Gasteiger partial charge >= 0.3 is 0 Å². The van der Waals surface area contributed by atoms with Crippen LogP contribution in [-0.4, -0.2) is 37.9 Å². The van der Waals surface area contributed by atoms with E-state index in [0.717, 1.165) is 5.56 Å². The number of ether oxygens (including phenoxy) is 4. The Morgan fingerprint density at radius 2 is 1.58 bits per heavy atom. The van der Waals surface area contributed by atoms with Crippen LogP contribution < -0.4 is 24.3 Å². The average Bonchev–Trinajstić information content (AvgIpc) is 3.30. The van der Waals surface area contributed by atoms with Crippen molar-refractivity contribution < 1.29 is 33.3 Å². The summed E-state index contributed by atoms with van der Waals surface area (Å²) >= 11 is 0. The number of anilines is 1. The lowest BCUT2D eigenvalue weighted by molar-refractivity contribution is 0.102. The molecule has 0 aliphatic heterocycles. The Hall–Kier alpha value is -3.65. The SMILES string of the molecule is CCOc1cc(C(=O)Nc2cc(-c3ccc(CO)o3)ccc2OC)cc(OCC)c1OCC. The third-order valence-electron chi connectivity index (χ3n) is 4.72. The van der Waals surface area contributed by atoms with Crippen LogP contribution >= 0.6 is 0 Å². The van der Waals surface area contributed by atoms with E-state index in [1.807, 2.05) is 26.8 Å². The zero-order chi connectivity index (χ0) is 23.8. The molecule has 8 nitrogen and oxygen atoms in total. The Balaban J connectivity index is 1.96. The lowest BCUT2D eigenvalue weighted by Crippen LogP contribution is -2.14. The summed E-state index contributed by atoms with van der Waals surface area (Å²) in [6.07, 6.45) is 0. The summed E-state index contributed by atoms with van der Waals surface area (Å²) in [4.78, 5) is 13.2. The molecule has 1 heterocycles. The van der Waals surface area contributed by atoms with Crippen LogP contribution in [0.15, 0.2) is 46.9 Å². The minimum Gasteiger partial charge on any atom is -0.495 e. The minimum atomic E-state index is -0.370. The van der Waals surface area contributed by atoms with Gasteiger partial charge in [0.25, 0.3) is 5.91 Å². The van der Waals surface area contributed by atoms with Gasteiger partial charge in [0.1, 0.15) is 23.9 Å². The highest BCUT2D eigenvalue weighted by molar-refractivity contribution is 6.06. The molecule has 0 unspecified atom stereocenters. The number of benzene rings is 2. The molecule has 0 aliphatic carbocycles. The van der Waals surface area contributed by atoms with Gasteiger partial charge in [0.15, 0.2) is 11.5 Å². The first-order valence-electron chi connectivity index (χ1n) is 10.8. The van der Waals surface area contributed by atoms with E-state index in [9.17, 15) is 9.90 Å². The van der Waals surface area contributed by atoms with Gasteiger partial charge in [-0.25, -0.2) is 0 Å². The van der Waals surface area contributed by atoms with Crippen molar-refractivity contribution in [1.29, 1.82) is 0 Å². The molecule has 0 bridgehead atoms. The maximum absolute atomic E-state index is 13.2. The first-order valence-corrected chi connectivity index (χ1v) is 10.8. The van der Waals surface area contributed by atoms with Crippen LogP contribution in [0.25, 0.3) is 11.3 Å². The van der Waals surface area contributed by atoms with E-state index in [2.05, 4.69) is 5.32 Å². The first kappa shape index (κ1) is 24.0. The van der Waals surface area contributed by atoms with Gasteiger partial charge in [-0.05, 0) is 63.2 Å². The molecule has 0 atom stereocenters. The van der Waals surface area contributed by atoms with Crippen molar-refractivity contribution in [2.24, 2.45) is 0 Å². The van der Waals surface area contributed by atoms with Crippen LogP contribution in [-0.2, 0) is 6.61 Å². The van der Waals surface area contributed by atoms with Gasteiger partial charge in [0.05, 0.1) is 32.6 Å². The highest BCUT2D eigenvalue weighted by atomic mass is 16.5. The number of furan rings is 1. The molecule has 3 rings (SSSR count). The highest BCUT2D eigenvalue weighted by Crippen LogP contribution is 2.40. The fourth-order valence-electron chi connectivity index (χ4n) is 3.29. The summed E-state index contributed by atoms with van der Waals surface area (Å²) in [5, 5.41) is 12.1. The first-order chi connectivity index (χ1) is 16.0. The quantitative estimate of drug-likeness (QED) is 0.424. The van der Waals surface area contributed by atoms with Crippen LogP contribution in [0.3, 0.4) is 0 Å². The van der Waals surface area contributed by atoms with E-state index in [0.29, 0.717) is 65.6 Å². The van der Waals surface area contributed by atoms with Crippen molar-refractivity contribution in [2.75, 3.05) is 32.2 Å².